The van der Waals surface area contributed by atoms with Gasteiger partial charge in [-0.1, -0.05) is 0 Å². The molecule has 2 aromatic carbocycles. The van der Waals surface area contributed by atoms with Gasteiger partial charge < -0.3 is 14.8 Å². The zero-order valence-corrected chi connectivity index (χ0v) is 14.4. The Hall–Kier alpha value is -2.35. The Morgan fingerprint density at radius 1 is 1.20 bits per heavy atom. The number of nitrogens with one attached hydrogen (secondary N) is 1. The molecule has 0 aliphatic carbocycles. The van der Waals surface area contributed by atoms with E-state index in [2.05, 4.69) is 10.3 Å². The number of aromatic nitrogens is 1. The standard InChI is InChI=1S/C18H17FN2O3S/c1-23-8-9-24-11-17(22)20-14-5-2-12(3-6-14)18-21-15-7-4-13(19)10-16(15)25-18/h2-7,10H,8-9,11H2,1H3,(H,20,22). The van der Waals surface area contributed by atoms with Crippen molar-refractivity contribution in [3.63, 3.8) is 0 Å². The highest BCUT2D eigenvalue weighted by atomic mass is 32.1. The van der Waals surface area contributed by atoms with Crippen molar-refractivity contribution in [2.24, 2.45) is 0 Å². The van der Waals surface area contributed by atoms with Crippen LogP contribution in [0.2, 0.25) is 0 Å². The lowest BCUT2D eigenvalue weighted by atomic mass is 10.2. The summed E-state index contributed by atoms with van der Waals surface area (Å²) in [5, 5.41) is 3.57. The molecule has 1 heterocycles. The molecule has 130 valence electrons. The Morgan fingerprint density at radius 2 is 2.00 bits per heavy atom. The first-order chi connectivity index (χ1) is 12.2. The molecule has 0 saturated heterocycles. The van der Waals surface area contributed by atoms with Gasteiger partial charge in [-0.2, -0.15) is 0 Å². The smallest absolute Gasteiger partial charge is 0.250 e. The first kappa shape index (κ1) is 17.5. The van der Waals surface area contributed by atoms with Crippen molar-refractivity contribution in [2.75, 3.05) is 32.2 Å². The summed E-state index contributed by atoms with van der Waals surface area (Å²) in [5.41, 5.74) is 2.36. The topological polar surface area (TPSA) is 60.5 Å². The molecular weight excluding hydrogens is 343 g/mol. The summed E-state index contributed by atoms with van der Waals surface area (Å²) in [5.74, 6) is -0.493. The third kappa shape index (κ3) is 4.60. The lowest BCUT2D eigenvalue weighted by molar-refractivity contribution is -0.121. The fourth-order valence-electron chi connectivity index (χ4n) is 2.22. The second-order valence-electron chi connectivity index (χ2n) is 5.30. The number of fused-ring (bicyclic) bond motifs is 1. The third-order valence-electron chi connectivity index (χ3n) is 3.43. The molecule has 0 aliphatic heterocycles. The number of anilines is 1. The number of ether oxygens (including phenoxy) is 2. The average Bonchev–Trinajstić information content (AvgIpc) is 3.02. The second kappa shape index (κ2) is 8.15. The van der Waals surface area contributed by atoms with Crippen molar-refractivity contribution < 1.29 is 18.7 Å². The summed E-state index contributed by atoms with van der Waals surface area (Å²) < 4.78 is 24.1. The van der Waals surface area contributed by atoms with E-state index in [1.165, 1.54) is 23.5 Å². The van der Waals surface area contributed by atoms with E-state index in [-0.39, 0.29) is 18.3 Å². The monoisotopic (exact) mass is 360 g/mol. The minimum Gasteiger partial charge on any atom is -0.382 e. The molecule has 3 aromatic rings. The number of hydrogen-bond donors (Lipinski definition) is 1. The van der Waals surface area contributed by atoms with Crippen molar-refractivity contribution in [1.82, 2.24) is 4.98 Å². The van der Waals surface area contributed by atoms with Crippen LogP contribution in [0.3, 0.4) is 0 Å². The minimum atomic E-state index is -0.270. The molecule has 0 bridgehead atoms. The van der Waals surface area contributed by atoms with Crippen LogP contribution in [-0.4, -0.2) is 37.8 Å². The van der Waals surface area contributed by atoms with Crippen LogP contribution in [-0.2, 0) is 14.3 Å². The van der Waals surface area contributed by atoms with Crippen LogP contribution in [0.15, 0.2) is 42.5 Å². The quantitative estimate of drug-likeness (QED) is 0.653. The normalized spacial score (nSPS) is 11.0. The highest BCUT2D eigenvalue weighted by molar-refractivity contribution is 7.21. The number of carbonyl (C=O) groups excluding carboxylic acids is 1. The summed E-state index contributed by atoms with van der Waals surface area (Å²) in [7, 11) is 1.58. The predicted molar refractivity (Wildman–Crippen MR) is 96.3 cm³/mol. The molecule has 1 aromatic heterocycles. The van der Waals surface area contributed by atoms with Gasteiger partial charge in [-0.3, -0.25) is 4.79 Å². The largest absolute Gasteiger partial charge is 0.382 e. The SMILES string of the molecule is COCCOCC(=O)Nc1ccc(-c2nc3ccc(F)cc3s2)cc1. The predicted octanol–water partition coefficient (Wildman–Crippen LogP) is 3.70. The molecule has 5 nitrogen and oxygen atoms in total. The molecule has 0 unspecified atom stereocenters. The maximum absolute atomic E-state index is 13.3. The summed E-state index contributed by atoms with van der Waals surface area (Å²) >= 11 is 1.43. The van der Waals surface area contributed by atoms with Gasteiger partial charge in [-0.15, -0.1) is 11.3 Å². The average molecular weight is 360 g/mol. The van der Waals surface area contributed by atoms with Gasteiger partial charge in [-0.25, -0.2) is 9.37 Å². The maximum Gasteiger partial charge on any atom is 0.250 e. The third-order valence-corrected chi connectivity index (χ3v) is 4.50. The first-order valence-electron chi connectivity index (χ1n) is 7.69. The van der Waals surface area contributed by atoms with Crippen LogP contribution >= 0.6 is 11.3 Å². The van der Waals surface area contributed by atoms with Crippen molar-refractivity contribution in [3.8, 4) is 10.6 Å². The Labute approximate surface area is 148 Å². The lowest BCUT2D eigenvalue weighted by Gasteiger charge is -2.06. The molecular formula is C18H17FN2O3S. The zero-order chi connectivity index (χ0) is 17.6. The van der Waals surface area contributed by atoms with E-state index < -0.39 is 0 Å². The van der Waals surface area contributed by atoms with E-state index in [0.29, 0.717) is 18.9 Å². The van der Waals surface area contributed by atoms with Gasteiger partial charge in [-0.05, 0) is 42.5 Å². The number of thiazole rings is 1. The van der Waals surface area contributed by atoms with Gasteiger partial charge in [0.05, 0.1) is 23.4 Å². The molecule has 7 heteroatoms. The van der Waals surface area contributed by atoms with Crippen molar-refractivity contribution >= 4 is 33.1 Å². The number of halogens is 1. The molecule has 0 radical (unpaired) electrons. The second-order valence-corrected chi connectivity index (χ2v) is 6.33. The van der Waals surface area contributed by atoms with Gasteiger partial charge in [0.2, 0.25) is 5.91 Å². The van der Waals surface area contributed by atoms with E-state index in [0.717, 1.165) is 20.8 Å². The molecule has 0 atom stereocenters. The fourth-order valence-corrected chi connectivity index (χ4v) is 3.22. The molecule has 0 spiro atoms. The van der Waals surface area contributed by atoms with Crippen LogP contribution in [0.4, 0.5) is 10.1 Å². The molecule has 3 rings (SSSR count). The van der Waals surface area contributed by atoms with Gasteiger partial charge in [0.15, 0.2) is 0 Å². The number of carbonyl (C=O) groups is 1. The maximum atomic E-state index is 13.3. The molecule has 1 N–H and O–H groups in total. The van der Waals surface area contributed by atoms with E-state index in [4.69, 9.17) is 9.47 Å². The Kier molecular flexibility index (Phi) is 5.70. The lowest BCUT2D eigenvalue weighted by Crippen LogP contribution is -2.19. The van der Waals surface area contributed by atoms with E-state index in [1.807, 2.05) is 12.1 Å². The Balaban J connectivity index is 1.64. The highest BCUT2D eigenvalue weighted by Crippen LogP contribution is 2.31. The van der Waals surface area contributed by atoms with Crippen molar-refractivity contribution in [1.29, 1.82) is 0 Å². The van der Waals surface area contributed by atoms with Crippen LogP contribution in [0.1, 0.15) is 0 Å². The van der Waals surface area contributed by atoms with Crippen LogP contribution in [0.5, 0.6) is 0 Å². The van der Waals surface area contributed by atoms with Gasteiger partial charge >= 0.3 is 0 Å². The van der Waals surface area contributed by atoms with Crippen LogP contribution in [0.25, 0.3) is 20.8 Å². The Bertz CT molecular complexity index is 864. The molecule has 1 amide bonds. The molecule has 25 heavy (non-hydrogen) atoms. The summed E-state index contributed by atoms with van der Waals surface area (Å²) in [6.45, 7) is 0.809. The molecule has 0 fully saturated rings. The molecule has 0 saturated carbocycles. The Morgan fingerprint density at radius 3 is 2.76 bits per heavy atom. The van der Waals surface area contributed by atoms with Gasteiger partial charge in [0.1, 0.15) is 17.4 Å². The number of nitrogens with zero attached hydrogens (tertiary/aromatic N) is 1. The zero-order valence-electron chi connectivity index (χ0n) is 13.6. The number of amides is 1. The van der Waals surface area contributed by atoms with E-state index >= 15 is 0 Å². The number of hydrogen-bond acceptors (Lipinski definition) is 5. The van der Waals surface area contributed by atoms with Crippen molar-refractivity contribution in [3.05, 3.63) is 48.3 Å². The number of benzene rings is 2. The van der Waals surface area contributed by atoms with E-state index in [1.54, 1.807) is 25.3 Å². The summed E-state index contributed by atoms with van der Waals surface area (Å²) in [6, 6.07) is 11.9. The van der Waals surface area contributed by atoms with Crippen LogP contribution in [0, 0.1) is 5.82 Å². The minimum absolute atomic E-state index is 0.0193. The number of methoxy groups -OCH3 is 1. The summed E-state index contributed by atoms with van der Waals surface area (Å²) in [6.07, 6.45) is 0. The van der Waals surface area contributed by atoms with E-state index in [9.17, 15) is 9.18 Å². The summed E-state index contributed by atoms with van der Waals surface area (Å²) in [4.78, 5) is 16.3. The van der Waals surface area contributed by atoms with Gasteiger partial charge in [0, 0.05) is 18.4 Å². The highest BCUT2D eigenvalue weighted by Gasteiger charge is 2.08. The number of rotatable bonds is 7. The van der Waals surface area contributed by atoms with Gasteiger partial charge in [0.25, 0.3) is 0 Å². The first-order valence-corrected chi connectivity index (χ1v) is 8.50. The van der Waals surface area contributed by atoms with Crippen molar-refractivity contribution in [2.45, 2.75) is 0 Å². The fraction of sp³-hybridized carbons (Fsp3) is 0.222. The molecule has 0 aliphatic rings. The van der Waals surface area contributed by atoms with Crippen LogP contribution < -0.4 is 5.32 Å².